The SMILES string of the molecule is C=CCC(C)c1cc(CC)ccc1CC. The summed E-state index contributed by atoms with van der Waals surface area (Å²) in [5, 5.41) is 0. The molecule has 15 heavy (non-hydrogen) atoms. The van der Waals surface area contributed by atoms with Crippen LogP contribution in [0, 0.1) is 0 Å². The van der Waals surface area contributed by atoms with E-state index < -0.39 is 0 Å². The molecule has 1 rings (SSSR count). The highest BCUT2D eigenvalue weighted by Gasteiger charge is 2.08. The van der Waals surface area contributed by atoms with Gasteiger partial charge >= 0.3 is 0 Å². The van der Waals surface area contributed by atoms with E-state index in [-0.39, 0.29) is 0 Å². The van der Waals surface area contributed by atoms with E-state index in [4.69, 9.17) is 0 Å². The van der Waals surface area contributed by atoms with E-state index in [1.165, 1.54) is 16.7 Å². The maximum atomic E-state index is 3.82. The second kappa shape index (κ2) is 5.75. The number of hydrogen-bond acceptors (Lipinski definition) is 0. The van der Waals surface area contributed by atoms with Crippen molar-refractivity contribution >= 4 is 0 Å². The summed E-state index contributed by atoms with van der Waals surface area (Å²) in [5.41, 5.74) is 4.44. The van der Waals surface area contributed by atoms with E-state index in [1.54, 1.807) is 0 Å². The fourth-order valence-electron chi connectivity index (χ4n) is 2.02. The van der Waals surface area contributed by atoms with E-state index in [9.17, 15) is 0 Å². The third-order valence-corrected chi connectivity index (χ3v) is 3.05. The van der Waals surface area contributed by atoms with Crippen LogP contribution in [0.2, 0.25) is 0 Å². The van der Waals surface area contributed by atoms with Crippen LogP contribution in [0.25, 0.3) is 0 Å². The first-order chi connectivity index (χ1) is 7.22. The fourth-order valence-corrected chi connectivity index (χ4v) is 2.02. The number of aryl methyl sites for hydroxylation is 2. The van der Waals surface area contributed by atoms with Gasteiger partial charge in [0, 0.05) is 0 Å². The van der Waals surface area contributed by atoms with Gasteiger partial charge in [-0.1, -0.05) is 45.0 Å². The van der Waals surface area contributed by atoms with E-state index >= 15 is 0 Å². The molecule has 0 aliphatic carbocycles. The maximum Gasteiger partial charge on any atom is -0.0153 e. The molecule has 0 bridgehead atoms. The molecule has 0 aliphatic heterocycles. The molecular formula is C15H22. The van der Waals surface area contributed by atoms with Gasteiger partial charge in [0.1, 0.15) is 0 Å². The maximum absolute atomic E-state index is 3.82. The summed E-state index contributed by atoms with van der Waals surface area (Å²) >= 11 is 0. The Hall–Kier alpha value is -1.04. The fraction of sp³-hybridized carbons (Fsp3) is 0.467. The van der Waals surface area contributed by atoms with Crippen molar-refractivity contribution in [2.45, 2.75) is 46.0 Å². The summed E-state index contributed by atoms with van der Waals surface area (Å²) in [6, 6.07) is 6.91. The smallest absolute Gasteiger partial charge is 0.0153 e. The van der Waals surface area contributed by atoms with Gasteiger partial charge in [0.15, 0.2) is 0 Å². The standard InChI is InChI=1S/C15H22/c1-5-8-12(4)15-11-13(6-2)9-10-14(15)7-3/h5,9-12H,1,6-8H2,2-4H3. The molecule has 0 spiro atoms. The minimum atomic E-state index is 0.601. The normalized spacial score (nSPS) is 12.5. The molecular weight excluding hydrogens is 180 g/mol. The van der Waals surface area contributed by atoms with Gasteiger partial charge < -0.3 is 0 Å². The summed E-state index contributed by atoms with van der Waals surface area (Å²) in [4.78, 5) is 0. The number of benzene rings is 1. The molecule has 0 heterocycles. The van der Waals surface area contributed by atoms with Crippen LogP contribution in [-0.4, -0.2) is 0 Å². The van der Waals surface area contributed by atoms with Gasteiger partial charge in [0.05, 0.1) is 0 Å². The monoisotopic (exact) mass is 202 g/mol. The molecule has 0 aromatic heterocycles. The van der Waals surface area contributed by atoms with Crippen LogP contribution in [0.5, 0.6) is 0 Å². The molecule has 0 fully saturated rings. The Bertz CT molecular complexity index is 323. The van der Waals surface area contributed by atoms with Crippen molar-refractivity contribution in [3.05, 3.63) is 47.5 Å². The minimum Gasteiger partial charge on any atom is -0.103 e. The molecule has 0 saturated carbocycles. The molecule has 1 aromatic rings. The molecule has 0 heteroatoms. The average Bonchev–Trinajstić information content (AvgIpc) is 2.28. The first-order valence-corrected chi connectivity index (χ1v) is 5.95. The van der Waals surface area contributed by atoms with Gasteiger partial charge in [-0.05, 0) is 41.9 Å². The number of rotatable bonds is 5. The Kier molecular flexibility index (Phi) is 4.61. The first kappa shape index (κ1) is 12.0. The van der Waals surface area contributed by atoms with Crippen molar-refractivity contribution in [1.82, 2.24) is 0 Å². The number of allylic oxidation sites excluding steroid dienone is 1. The molecule has 0 N–H and O–H groups in total. The molecule has 1 atom stereocenters. The largest absolute Gasteiger partial charge is 0.103 e. The Morgan fingerprint density at radius 1 is 1.27 bits per heavy atom. The lowest BCUT2D eigenvalue weighted by Crippen LogP contribution is -1.99. The van der Waals surface area contributed by atoms with Gasteiger partial charge in [-0.2, -0.15) is 0 Å². The van der Waals surface area contributed by atoms with Crippen molar-refractivity contribution in [2.24, 2.45) is 0 Å². The van der Waals surface area contributed by atoms with Crippen molar-refractivity contribution in [1.29, 1.82) is 0 Å². The van der Waals surface area contributed by atoms with Crippen LogP contribution < -0.4 is 0 Å². The number of hydrogen-bond donors (Lipinski definition) is 0. The summed E-state index contributed by atoms with van der Waals surface area (Å²) in [6.45, 7) is 10.6. The van der Waals surface area contributed by atoms with Gasteiger partial charge in [-0.25, -0.2) is 0 Å². The lowest BCUT2D eigenvalue weighted by atomic mass is 9.90. The summed E-state index contributed by atoms with van der Waals surface area (Å²) in [6.07, 6.45) is 5.33. The Morgan fingerprint density at radius 2 is 2.00 bits per heavy atom. The van der Waals surface area contributed by atoms with E-state index in [1.807, 2.05) is 6.08 Å². The topological polar surface area (TPSA) is 0 Å². The molecule has 0 amide bonds. The average molecular weight is 202 g/mol. The Morgan fingerprint density at radius 3 is 2.53 bits per heavy atom. The molecule has 0 radical (unpaired) electrons. The van der Waals surface area contributed by atoms with E-state index in [2.05, 4.69) is 45.5 Å². The lowest BCUT2D eigenvalue weighted by Gasteiger charge is -2.15. The first-order valence-electron chi connectivity index (χ1n) is 5.95. The van der Waals surface area contributed by atoms with Crippen LogP contribution in [0.4, 0.5) is 0 Å². The summed E-state index contributed by atoms with van der Waals surface area (Å²) in [7, 11) is 0. The highest BCUT2D eigenvalue weighted by Crippen LogP contribution is 2.25. The summed E-state index contributed by atoms with van der Waals surface area (Å²) < 4.78 is 0. The van der Waals surface area contributed by atoms with Crippen molar-refractivity contribution < 1.29 is 0 Å². The van der Waals surface area contributed by atoms with Gasteiger partial charge in [-0.15, -0.1) is 6.58 Å². The highest BCUT2D eigenvalue weighted by atomic mass is 14.1. The van der Waals surface area contributed by atoms with Crippen molar-refractivity contribution in [2.75, 3.05) is 0 Å². The molecule has 1 unspecified atom stereocenters. The Balaban J connectivity index is 3.04. The van der Waals surface area contributed by atoms with Crippen molar-refractivity contribution in [3.63, 3.8) is 0 Å². The third-order valence-electron chi connectivity index (χ3n) is 3.05. The second-order valence-corrected chi connectivity index (χ2v) is 4.17. The van der Waals surface area contributed by atoms with Gasteiger partial charge in [0.2, 0.25) is 0 Å². The molecule has 82 valence electrons. The zero-order chi connectivity index (χ0) is 11.3. The molecule has 0 nitrogen and oxygen atoms in total. The van der Waals surface area contributed by atoms with Crippen LogP contribution in [-0.2, 0) is 12.8 Å². The predicted molar refractivity (Wildman–Crippen MR) is 68.4 cm³/mol. The van der Waals surface area contributed by atoms with E-state index in [0.29, 0.717) is 5.92 Å². The molecule has 0 aliphatic rings. The molecule has 0 saturated heterocycles. The van der Waals surface area contributed by atoms with Gasteiger partial charge in [-0.3, -0.25) is 0 Å². The van der Waals surface area contributed by atoms with Crippen molar-refractivity contribution in [3.8, 4) is 0 Å². The second-order valence-electron chi connectivity index (χ2n) is 4.17. The lowest BCUT2D eigenvalue weighted by molar-refractivity contribution is 0.766. The van der Waals surface area contributed by atoms with Gasteiger partial charge in [0.25, 0.3) is 0 Å². The summed E-state index contributed by atoms with van der Waals surface area (Å²) in [5.74, 6) is 0.601. The molecule has 1 aromatic carbocycles. The van der Waals surface area contributed by atoms with Crippen LogP contribution in [0.3, 0.4) is 0 Å². The highest BCUT2D eigenvalue weighted by molar-refractivity contribution is 5.34. The zero-order valence-electron chi connectivity index (χ0n) is 10.2. The quantitative estimate of drug-likeness (QED) is 0.617. The minimum absolute atomic E-state index is 0.601. The predicted octanol–water partition coefficient (Wildman–Crippen LogP) is 4.49. The van der Waals surface area contributed by atoms with E-state index in [0.717, 1.165) is 19.3 Å². The zero-order valence-corrected chi connectivity index (χ0v) is 10.2. The van der Waals surface area contributed by atoms with Crippen LogP contribution >= 0.6 is 0 Å². The Labute approximate surface area is 94.0 Å². The third kappa shape index (κ3) is 2.95. The van der Waals surface area contributed by atoms with Crippen LogP contribution in [0.1, 0.15) is 49.8 Å². The van der Waals surface area contributed by atoms with Crippen LogP contribution in [0.15, 0.2) is 30.9 Å².